The molecule has 1 aromatic carbocycles. The van der Waals surface area contributed by atoms with Gasteiger partial charge >= 0.3 is 0 Å². The summed E-state index contributed by atoms with van der Waals surface area (Å²) in [6.45, 7) is 0.677. The summed E-state index contributed by atoms with van der Waals surface area (Å²) in [5.41, 5.74) is 3.12. The number of carbonyl (C=O) groups excluding carboxylic acids is 1. The molecule has 1 aliphatic heterocycles. The van der Waals surface area contributed by atoms with Crippen LogP contribution in [0.4, 0.5) is 5.95 Å². The van der Waals surface area contributed by atoms with E-state index in [-0.39, 0.29) is 11.9 Å². The molecule has 0 unspecified atom stereocenters. The molecular weight excluding hydrogens is 386 g/mol. The second kappa shape index (κ2) is 8.17. The third kappa shape index (κ3) is 3.93. The molecule has 6 nitrogen and oxygen atoms in total. The van der Waals surface area contributed by atoms with Gasteiger partial charge in [-0.05, 0) is 42.7 Å². The predicted octanol–water partition coefficient (Wildman–Crippen LogP) is 4.24. The number of hydrogen-bond acceptors (Lipinski definition) is 5. The van der Waals surface area contributed by atoms with Crippen LogP contribution in [-0.4, -0.2) is 46.4 Å². The number of halogens is 1. The zero-order chi connectivity index (χ0) is 20.4. The Labute approximate surface area is 175 Å². The summed E-state index contributed by atoms with van der Waals surface area (Å²) < 4.78 is 0. The lowest BCUT2D eigenvalue weighted by Crippen LogP contribution is -2.32. The van der Waals surface area contributed by atoms with Gasteiger partial charge in [0.2, 0.25) is 5.95 Å². The van der Waals surface area contributed by atoms with E-state index in [2.05, 4.69) is 9.97 Å². The molecule has 2 aromatic heterocycles. The third-order valence-corrected chi connectivity index (χ3v) is 5.29. The lowest BCUT2D eigenvalue weighted by Gasteiger charge is -2.26. The normalized spacial score (nSPS) is 16.1. The van der Waals surface area contributed by atoms with Crippen LogP contribution in [0.3, 0.4) is 0 Å². The molecule has 0 aliphatic carbocycles. The van der Waals surface area contributed by atoms with Crippen LogP contribution >= 0.6 is 11.6 Å². The first-order valence-electron chi connectivity index (χ1n) is 9.57. The maximum Gasteiger partial charge on any atom is 0.273 e. The quantitative estimate of drug-likeness (QED) is 0.647. The summed E-state index contributed by atoms with van der Waals surface area (Å²) in [6.07, 6.45) is 5.23. The van der Waals surface area contributed by atoms with Crippen molar-refractivity contribution in [3.63, 3.8) is 0 Å². The molecular formula is C22H22ClN5O. The molecule has 3 aromatic rings. The fourth-order valence-corrected chi connectivity index (χ4v) is 3.85. The topological polar surface area (TPSA) is 62.2 Å². The highest BCUT2D eigenvalue weighted by Gasteiger charge is 2.34. The number of likely N-dealkylation sites (tertiary alicyclic amines) is 1. The van der Waals surface area contributed by atoms with E-state index in [0.717, 1.165) is 29.7 Å². The van der Waals surface area contributed by atoms with E-state index in [9.17, 15) is 4.79 Å². The summed E-state index contributed by atoms with van der Waals surface area (Å²) in [6, 6.07) is 12.9. The number of pyridine rings is 1. The number of hydrogen-bond donors (Lipinski definition) is 0. The number of rotatable bonds is 4. The van der Waals surface area contributed by atoms with Crippen LogP contribution in [0.1, 0.15) is 35.1 Å². The van der Waals surface area contributed by atoms with Gasteiger partial charge in [0, 0.05) is 43.6 Å². The van der Waals surface area contributed by atoms with Gasteiger partial charge in [-0.3, -0.25) is 9.78 Å². The molecule has 1 amide bonds. The maximum atomic E-state index is 13.1. The zero-order valence-corrected chi connectivity index (χ0v) is 17.2. The Bertz CT molecular complexity index is 1020. The summed E-state index contributed by atoms with van der Waals surface area (Å²) in [4.78, 5) is 30.5. The summed E-state index contributed by atoms with van der Waals surface area (Å²) in [5.74, 6) is 0.540. The Morgan fingerprint density at radius 3 is 2.76 bits per heavy atom. The molecule has 0 radical (unpaired) electrons. The molecule has 0 bridgehead atoms. The van der Waals surface area contributed by atoms with E-state index in [1.165, 1.54) is 0 Å². The van der Waals surface area contributed by atoms with E-state index in [1.54, 1.807) is 12.3 Å². The molecule has 4 rings (SSSR count). The Balaban J connectivity index is 1.79. The van der Waals surface area contributed by atoms with E-state index in [1.807, 2.05) is 66.5 Å². The van der Waals surface area contributed by atoms with E-state index in [4.69, 9.17) is 16.6 Å². The molecule has 0 spiro atoms. The Kier molecular flexibility index (Phi) is 5.45. The Morgan fingerprint density at radius 1 is 1.17 bits per heavy atom. The highest BCUT2D eigenvalue weighted by Crippen LogP contribution is 2.38. The molecule has 0 saturated carbocycles. The minimum Gasteiger partial charge on any atom is -0.347 e. The van der Waals surface area contributed by atoms with Crippen molar-refractivity contribution in [3.05, 3.63) is 71.3 Å². The zero-order valence-electron chi connectivity index (χ0n) is 16.4. The number of aromatic nitrogens is 3. The van der Waals surface area contributed by atoms with Gasteiger partial charge in [-0.25, -0.2) is 9.97 Å². The SMILES string of the molecule is CN(C)c1ncc(-c2cccc(Cl)c2)c([C@H]2CCCN2C(=O)c2ccccn2)n1. The average Bonchev–Trinajstić information content (AvgIpc) is 3.23. The molecule has 1 saturated heterocycles. The van der Waals surface area contributed by atoms with E-state index >= 15 is 0 Å². The van der Waals surface area contributed by atoms with Crippen LogP contribution in [-0.2, 0) is 0 Å². The minimum absolute atomic E-state index is 0.0739. The first-order valence-corrected chi connectivity index (χ1v) is 9.94. The minimum atomic E-state index is -0.139. The van der Waals surface area contributed by atoms with Crippen molar-refractivity contribution in [2.45, 2.75) is 18.9 Å². The van der Waals surface area contributed by atoms with Gasteiger partial charge in [0.15, 0.2) is 0 Å². The van der Waals surface area contributed by atoms with Crippen molar-refractivity contribution in [2.24, 2.45) is 0 Å². The molecule has 0 N–H and O–H groups in total. The van der Waals surface area contributed by atoms with Crippen molar-refractivity contribution in [1.29, 1.82) is 0 Å². The predicted molar refractivity (Wildman–Crippen MR) is 114 cm³/mol. The van der Waals surface area contributed by atoms with Gasteiger partial charge in [-0.2, -0.15) is 0 Å². The van der Waals surface area contributed by atoms with Crippen LogP contribution in [0.5, 0.6) is 0 Å². The first kappa shape index (κ1) is 19.3. The van der Waals surface area contributed by atoms with Gasteiger partial charge in [-0.1, -0.05) is 29.8 Å². The maximum absolute atomic E-state index is 13.1. The first-order chi connectivity index (χ1) is 14.0. The largest absolute Gasteiger partial charge is 0.347 e. The average molecular weight is 408 g/mol. The standard InChI is InChI=1S/C22H22ClN5O/c1-27(2)22-25-14-17(15-7-5-8-16(23)13-15)20(26-22)19-10-6-12-28(19)21(29)18-9-3-4-11-24-18/h3-5,7-9,11,13-14,19H,6,10,12H2,1-2H3/t19-/m1/s1. The van der Waals surface area contributed by atoms with Crippen LogP contribution in [0, 0.1) is 0 Å². The van der Waals surface area contributed by atoms with Crippen LogP contribution < -0.4 is 4.90 Å². The van der Waals surface area contributed by atoms with Crippen molar-refractivity contribution in [1.82, 2.24) is 19.9 Å². The second-order valence-electron chi connectivity index (χ2n) is 7.25. The van der Waals surface area contributed by atoms with Gasteiger partial charge in [0.1, 0.15) is 5.69 Å². The fourth-order valence-electron chi connectivity index (χ4n) is 3.66. The molecule has 3 heterocycles. The Hall–Kier alpha value is -2.99. The molecule has 7 heteroatoms. The number of benzene rings is 1. The van der Waals surface area contributed by atoms with Crippen LogP contribution in [0.2, 0.25) is 5.02 Å². The van der Waals surface area contributed by atoms with Gasteiger partial charge in [0.25, 0.3) is 5.91 Å². The highest BCUT2D eigenvalue weighted by molar-refractivity contribution is 6.30. The third-order valence-electron chi connectivity index (χ3n) is 5.05. The summed E-state index contributed by atoms with van der Waals surface area (Å²) in [7, 11) is 3.81. The monoisotopic (exact) mass is 407 g/mol. The lowest BCUT2D eigenvalue weighted by atomic mass is 9.99. The van der Waals surface area contributed by atoms with Gasteiger partial charge in [-0.15, -0.1) is 0 Å². The van der Waals surface area contributed by atoms with Gasteiger partial charge < -0.3 is 9.80 Å². The van der Waals surface area contributed by atoms with E-state index in [0.29, 0.717) is 23.2 Å². The van der Waals surface area contributed by atoms with Crippen LogP contribution in [0.25, 0.3) is 11.1 Å². The number of nitrogens with zero attached hydrogens (tertiary/aromatic N) is 5. The van der Waals surface area contributed by atoms with Crippen molar-refractivity contribution in [3.8, 4) is 11.1 Å². The van der Waals surface area contributed by atoms with E-state index < -0.39 is 0 Å². The number of anilines is 1. The van der Waals surface area contributed by atoms with Crippen molar-refractivity contribution >= 4 is 23.5 Å². The van der Waals surface area contributed by atoms with Crippen molar-refractivity contribution in [2.75, 3.05) is 25.5 Å². The second-order valence-corrected chi connectivity index (χ2v) is 7.68. The summed E-state index contributed by atoms with van der Waals surface area (Å²) in [5, 5.41) is 0.651. The molecule has 29 heavy (non-hydrogen) atoms. The molecule has 1 aliphatic rings. The lowest BCUT2D eigenvalue weighted by molar-refractivity contribution is 0.0727. The summed E-state index contributed by atoms with van der Waals surface area (Å²) >= 11 is 6.23. The molecule has 148 valence electrons. The highest BCUT2D eigenvalue weighted by atomic mass is 35.5. The Morgan fingerprint density at radius 2 is 2.03 bits per heavy atom. The fraction of sp³-hybridized carbons (Fsp3) is 0.273. The molecule has 1 fully saturated rings. The smallest absolute Gasteiger partial charge is 0.273 e. The number of carbonyl (C=O) groups is 1. The molecule has 1 atom stereocenters. The van der Waals surface area contributed by atoms with Crippen molar-refractivity contribution < 1.29 is 4.79 Å². The van der Waals surface area contributed by atoms with Crippen LogP contribution in [0.15, 0.2) is 54.9 Å². The van der Waals surface area contributed by atoms with Gasteiger partial charge in [0.05, 0.1) is 11.7 Å². The number of amides is 1.